The Morgan fingerprint density at radius 2 is 2.16 bits per heavy atom. The van der Waals surface area contributed by atoms with E-state index in [0.717, 1.165) is 22.6 Å². The zero-order chi connectivity index (χ0) is 13.7. The molecular weight excluding hydrogens is 240 g/mol. The summed E-state index contributed by atoms with van der Waals surface area (Å²) in [5, 5.41) is 11.1. The van der Waals surface area contributed by atoms with Crippen LogP contribution in [-0.2, 0) is 6.54 Å². The van der Waals surface area contributed by atoms with Crippen molar-refractivity contribution in [2.45, 2.75) is 20.4 Å². The molecule has 0 aliphatic rings. The minimum absolute atomic E-state index is 0.435. The Balaban J connectivity index is 2.21. The molecule has 0 saturated heterocycles. The van der Waals surface area contributed by atoms with Crippen molar-refractivity contribution in [3.05, 3.63) is 41.6 Å². The van der Waals surface area contributed by atoms with Gasteiger partial charge in [-0.1, -0.05) is 0 Å². The number of hydrogen-bond acceptors (Lipinski definition) is 5. The largest absolute Gasteiger partial charge is 0.494 e. The van der Waals surface area contributed by atoms with E-state index in [0.29, 0.717) is 19.0 Å². The number of rotatable bonds is 5. The van der Waals surface area contributed by atoms with Crippen molar-refractivity contribution in [2.24, 2.45) is 5.73 Å². The molecule has 0 saturated carbocycles. The highest BCUT2D eigenvalue weighted by molar-refractivity contribution is 5.59. The van der Waals surface area contributed by atoms with Crippen molar-refractivity contribution in [2.75, 3.05) is 11.9 Å². The zero-order valence-corrected chi connectivity index (χ0v) is 11.2. The second kappa shape index (κ2) is 6.15. The van der Waals surface area contributed by atoms with E-state index in [9.17, 15) is 0 Å². The quantitative estimate of drug-likeness (QED) is 0.861. The number of aryl methyl sites for hydroxylation is 1. The summed E-state index contributed by atoms with van der Waals surface area (Å²) in [7, 11) is 0. The Kier molecular flexibility index (Phi) is 4.30. The van der Waals surface area contributed by atoms with E-state index in [4.69, 9.17) is 10.5 Å². The van der Waals surface area contributed by atoms with Crippen molar-refractivity contribution >= 4 is 11.5 Å². The first-order chi connectivity index (χ1) is 9.22. The van der Waals surface area contributed by atoms with Gasteiger partial charge in [-0.15, -0.1) is 5.10 Å². The van der Waals surface area contributed by atoms with Gasteiger partial charge >= 0.3 is 0 Å². The smallest absolute Gasteiger partial charge is 0.153 e. The highest BCUT2D eigenvalue weighted by Crippen LogP contribution is 2.24. The molecule has 0 spiro atoms. The average Bonchev–Trinajstić information content (AvgIpc) is 2.41. The van der Waals surface area contributed by atoms with Crippen molar-refractivity contribution in [1.82, 2.24) is 10.2 Å². The first-order valence-corrected chi connectivity index (χ1v) is 6.25. The molecule has 100 valence electrons. The maximum absolute atomic E-state index is 5.73. The molecule has 1 aromatic carbocycles. The molecule has 1 heterocycles. The van der Waals surface area contributed by atoms with E-state index >= 15 is 0 Å². The molecule has 0 aliphatic heterocycles. The van der Waals surface area contributed by atoms with E-state index in [1.54, 1.807) is 6.20 Å². The Bertz CT molecular complexity index is 557. The third kappa shape index (κ3) is 3.42. The SMILES string of the molecule is CCOc1ccc(Nc2cc(C)cnn2)cc1CN. The van der Waals surface area contributed by atoms with Crippen LogP contribution in [0.4, 0.5) is 11.5 Å². The van der Waals surface area contributed by atoms with E-state index in [-0.39, 0.29) is 0 Å². The molecule has 0 amide bonds. The van der Waals surface area contributed by atoms with Crippen LogP contribution in [0.15, 0.2) is 30.5 Å². The van der Waals surface area contributed by atoms with Crippen LogP contribution in [0.25, 0.3) is 0 Å². The number of nitrogens with one attached hydrogen (secondary N) is 1. The van der Waals surface area contributed by atoms with Crippen LogP contribution in [-0.4, -0.2) is 16.8 Å². The van der Waals surface area contributed by atoms with Crippen LogP contribution in [0.2, 0.25) is 0 Å². The number of benzene rings is 1. The summed E-state index contributed by atoms with van der Waals surface area (Å²) in [6, 6.07) is 7.76. The van der Waals surface area contributed by atoms with Gasteiger partial charge in [0, 0.05) is 17.8 Å². The van der Waals surface area contributed by atoms with Gasteiger partial charge in [0.25, 0.3) is 0 Å². The maximum Gasteiger partial charge on any atom is 0.153 e. The van der Waals surface area contributed by atoms with Gasteiger partial charge in [0.1, 0.15) is 5.75 Å². The fourth-order valence-electron chi connectivity index (χ4n) is 1.79. The molecule has 1 aromatic heterocycles. The summed E-state index contributed by atoms with van der Waals surface area (Å²) in [5.74, 6) is 1.54. The van der Waals surface area contributed by atoms with Gasteiger partial charge in [0.15, 0.2) is 5.82 Å². The Morgan fingerprint density at radius 1 is 1.32 bits per heavy atom. The normalized spacial score (nSPS) is 10.3. The predicted octanol–water partition coefficient (Wildman–Crippen LogP) is 2.39. The molecule has 0 fully saturated rings. The molecule has 0 aliphatic carbocycles. The molecule has 0 bridgehead atoms. The summed E-state index contributed by atoms with van der Waals surface area (Å²) in [6.45, 7) is 4.99. The second-order valence-corrected chi connectivity index (χ2v) is 4.20. The van der Waals surface area contributed by atoms with Gasteiger partial charge in [-0.3, -0.25) is 0 Å². The van der Waals surface area contributed by atoms with E-state index in [1.807, 2.05) is 38.1 Å². The van der Waals surface area contributed by atoms with Crippen LogP contribution < -0.4 is 15.8 Å². The lowest BCUT2D eigenvalue weighted by Crippen LogP contribution is -2.03. The van der Waals surface area contributed by atoms with Crippen molar-refractivity contribution in [1.29, 1.82) is 0 Å². The molecule has 19 heavy (non-hydrogen) atoms. The molecule has 0 unspecified atom stereocenters. The van der Waals surface area contributed by atoms with Gasteiger partial charge < -0.3 is 15.8 Å². The number of anilines is 2. The molecule has 5 heteroatoms. The maximum atomic E-state index is 5.73. The third-order valence-corrected chi connectivity index (χ3v) is 2.64. The number of ether oxygens (including phenoxy) is 1. The van der Waals surface area contributed by atoms with Gasteiger partial charge in [0.05, 0.1) is 12.8 Å². The lowest BCUT2D eigenvalue weighted by Gasteiger charge is -2.11. The average molecular weight is 258 g/mol. The molecule has 5 nitrogen and oxygen atoms in total. The van der Waals surface area contributed by atoms with E-state index in [1.165, 1.54) is 0 Å². The number of aromatic nitrogens is 2. The lowest BCUT2D eigenvalue weighted by atomic mass is 10.1. The molecule has 3 N–H and O–H groups in total. The van der Waals surface area contributed by atoms with Gasteiger partial charge in [-0.2, -0.15) is 5.10 Å². The van der Waals surface area contributed by atoms with E-state index in [2.05, 4.69) is 15.5 Å². The van der Waals surface area contributed by atoms with Crippen LogP contribution in [0.5, 0.6) is 5.75 Å². The second-order valence-electron chi connectivity index (χ2n) is 4.20. The van der Waals surface area contributed by atoms with Crippen molar-refractivity contribution in [3.63, 3.8) is 0 Å². The predicted molar refractivity (Wildman–Crippen MR) is 75.6 cm³/mol. The highest BCUT2D eigenvalue weighted by atomic mass is 16.5. The first kappa shape index (κ1) is 13.3. The number of hydrogen-bond donors (Lipinski definition) is 2. The number of nitrogens with two attached hydrogens (primary N) is 1. The van der Waals surface area contributed by atoms with Gasteiger partial charge in [0.2, 0.25) is 0 Å². The topological polar surface area (TPSA) is 73.1 Å². The Hall–Kier alpha value is -2.14. The molecule has 2 aromatic rings. The minimum Gasteiger partial charge on any atom is -0.494 e. The third-order valence-electron chi connectivity index (χ3n) is 2.64. The minimum atomic E-state index is 0.435. The Morgan fingerprint density at radius 3 is 2.84 bits per heavy atom. The standard InChI is InChI=1S/C14H18N4O/c1-3-19-13-5-4-12(7-11(13)8-15)17-14-6-10(2)9-16-18-14/h4-7,9H,3,8,15H2,1-2H3,(H,17,18). The summed E-state index contributed by atoms with van der Waals surface area (Å²) in [4.78, 5) is 0. The summed E-state index contributed by atoms with van der Waals surface area (Å²) >= 11 is 0. The first-order valence-electron chi connectivity index (χ1n) is 6.25. The molecular formula is C14H18N4O. The Labute approximate surface area is 112 Å². The highest BCUT2D eigenvalue weighted by Gasteiger charge is 2.04. The monoisotopic (exact) mass is 258 g/mol. The fourth-order valence-corrected chi connectivity index (χ4v) is 1.79. The summed E-state index contributed by atoms with van der Waals surface area (Å²) < 4.78 is 5.52. The van der Waals surface area contributed by atoms with Crippen LogP contribution in [0.3, 0.4) is 0 Å². The van der Waals surface area contributed by atoms with Crippen LogP contribution >= 0.6 is 0 Å². The van der Waals surface area contributed by atoms with Crippen LogP contribution in [0.1, 0.15) is 18.1 Å². The van der Waals surface area contributed by atoms with Crippen molar-refractivity contribution in [3.8, 4) is 5.75 Å². The van der Waals surface area contributed by atoms with Crippen molar-refractivity contribution < 1.29 is 4.74 Å². The van der Waals surface area contributed by atoms with Gasteiger partial charge in [-0.25, -0.2) is 0 Å². The fraction of sp³-hybridized carbons (Fsp3) is 0.286. The summed E-state index contributed by atoms with van der Waals surface area (Å²) in [5.41, 5.74) is 8.67. The summed E-state index contributed by atoms with van der Waals surface area (Å²) in [6.07, 6.45) is 1.72. The van der Waals surface area contributed by atoms with Gasteiger partial charge in [-0.05, 0) is 43.7 Å². The van der Waals surface area contributed by atoms with Crippen LogP contribution in [0, 0.1) is 6.92 Å². The molecule has 0 radical (unpaired) electrons. The molecule has 2 rings (SSSR count). The number of nitrogens with zero attached hydrogens (tertiary/aromatic N) is 2. The molecule has 0 atom stereocenters. The zero-order valence-electron chi connectivity index (χ0n) is 11.2. The van der Waals surface area contributed by atoms with E-state index < -0.39 is 0 Å². The lowest BCUT2D eigenvalue weighted by molar-refractivity contribution is 0.336.